The van der Waals surface area contributed by atoms with Crippen molar-refractivity contribution in [1.82, 2.24) is 4.90 Å². The number of amides is 2. The SMILES string of the molecule is Cc1ccccc1C(=O)N1CCN(c2ccc(NC(=O)c3cc(C(F)(F)F)cc(C(F)(F)F)c3)cc2)CC1. The van der Waals surface area contributed by atoms with Crippen LogP contribution in [0.5, 0.6) is 0 Å². The largest absolute Gasteiger partial charge is 0.416 e. The maximum absolute atomic E-state index is 13.1. The Balaban J connectivity index is 1.41. The Labute approximate surface area is 214 Å². The van der Waals surface area contributed by atoms with Crippen LogP contribution >= 0.6 is 0 Å². The van der Waals surface area contributed by atoms with Crippen LogP contribution in [0.4, 0.5) is 37.7 Å². The molecule has 1 N–H and O–H groups in total. The van der Waals surface area contributed by atoms with E-state index in [2.05, 4.69) is 5.32 Å². The van der Waals surface area contributed by atoms with Crippen molar-refractivity contribution in [3.05, 3.63) is 94.5 Å². The van der Waals surface area contributed by atoms with Crippen LogP contribution in [0.1, 0.15) is 37.4 Å². The van der Waals surface area contributed by atoms with Crippen LogP contribution < -0.4 is 10.2 Å². The molecule has 5 nitrogen and oxygen atoms in total. The van der Waals surface area contributed by atoms with Crippen molar-refractivity contribution in [2.45, 2.75) is 19.3 Å². The zero-order valence-electron chi connectivity index (χ0n) is 20.2. The third kappa shape index (κ3) is 6.09. The van der Waals surface area contributed by atoms with E-state index in [-0.39, 0.29) is 17.7 Å². The van der Waals surface area contributed by atoms with Crippen LogP contribution in [0.2, 0.25) is 0 Å². The van der Waals surface area contributed by atoms with Gasteiger partial charge in [0.2, 0.25) is 0 Å². The Morgan fingerprint density at radius 2 is 1.32 bits per heavy atom. The summed E-state index contributed by atoms with van der Waals surface area (Å²) in [6, 6.07) is 14.5. The molecule has 3 aromatic carbocycles. The monoisotopic (exact) mass is 535 g/mol. The number of carbonyl (C=O) groups is 2. The minimum Gasteiger partial charge on any atom is -0.368 e. The third-order valence-electron chi connectivity index (χ3n) is 6.28. The molecule has 200 valence electrons. The van der Waals surface area contributed by atoms with E-state index in [0.29, 0.717) is 43.9 Å². The molecule has 0 unspecified atom stereocenters. The average molecular weight is 535 g/mol. The van der Waals surface area contributed by atoms with Crippen molar-refractivity contribution in [2.75, 3.05) is 36.4 Å². The fraction of sp³-hybridized carbons (Fsp3) is 0.259. The Hall–Kier alpha value is -4.02. The summed E-state index contributed by atoms with van der Waals surface area (Å²) in [6.45, 7) is 4.01. The van der Waals surface area contributed by atoms with Crippen molar-refractivity contribution >= 4 is 23.2 Å². The minimum absolute atomic E-state index is 0.0279. The summed E-state index contributed by atoms with van der Waals surface area (Å²) >= 11 is 0. The summed E-state index contributed by atoms with van der Waals surface area (Å²) in [7, 11) is 0. The fourth-order valence-corrected chi connectivity index (χ4v) is 4.20. The van der Waals surface area contributed by atoms with Gasteiger partial charge in [-0.1, -0.05) is 18.2 Å². The lowest BCUT2D eigenvalue weighted by molar-refractivity contribution is -0.143. The number of alkyl halides is 6. The fourth-order valence-electron chi connectivity index (χ4n) is 4.20. The number of hydrogen-bond donors (Lipinski definition) is 1. The van der Waals surface area contributed by atoms with Gasteiger partial charge >= 0.3 is 12.4 Å². The summed E-state index contributed by atoms with van der Waals surface area (Å²) in [5.74, 6) is -1.14. The molecule has 0 aromatic heterocycles. The molecule has 2 amide bonds. The second kappa shape index (κ2) is 10.4. The van der Waals surface area contributed by atoms with E-state index in [1.54, 1.807) is 23.1 Å². The van der Waals surface area contributed by atoms with Gasteiger partial charge in [0.25, 0.3) is 11.8 Å². The average Bonchev–Trinajstić information content (AvgIpc) is 2.88. The summed E-state index contributed by atoms with van der Waals surface area (Å²) < 4.78 is 78.6. The Morgan fingerprint density at radius 3 is 1.84 bits per heavy atom. The molecule has 0 aliphatic carbocycles. The molecule has 1 fully saturated rings. The molecule has 1 saturated heterocycles. The van der Waals surface area contributed by atoms with Crippen LogP contribution in [0, 0.1) is 6.92 Å². The standard InChI is InChI=1S/C27H23F6N3O2/c1-17-4-2-3-5-23(17)25(38)36-12-10-35(11-13-36)22-8-6-21(7-9-22)34-24(37)18-14-19(26(28,29)30)16-20(15-18)27(31,32)33/h2-9,14-16H,10-13H2,1H3,(H,34,37). The zero-order valence-corrected chi connectivity index (χ0v) is 20.2. The number of benzene rings is 3. The van der Waals surface area contributed by atoms with Gasteiger partial charge in [-0.25, -0.2) is 0 Å². The first-order valence-corrected chi connectivity index (χ1v) is 11.6. The second-order valence-corrected chi connectivity index (χ2v) is 8.89. The van der Waals surface area contributed by atoms with Crippen LogP contribution in [0.15, 0.2) is 66.7 Å². The molecule has 38 heavy (non-hydrogen) atoms. The summed E-state index contributed by atoms with van der Waals surface area (Å²) in [6.07, 6.45) is -10.1. The third-order valence-corrected chi connectivity index (χ3v) is 6.28. The molecule has 11 heteroatoms. The Bertz CT molecular complexity index is 1300. The maximum atomic E-state index is 13.1. The maximum Gasteiger partial charge on any atom is 0.416 e. The summed E-state index contributed by atoms with van der Waals surface area (Å²) in [4.78, 5) is 29.1. The highest BCUT2D eigenvalue weighted by Crippen LogP contribution is 2.36. The minimum atomic E-state index is -5.05. The predicted octanol–water partition coefficient (Wildman–Crippen LogP) is 6.25. The number of rotatable bonds is 4. The van der Waals surface area contributed by atoms with Gasteiger partial charge in [-0.05, 0) is 61.0 Å². The first-order valence-electron chi connectivity index (χ1n) is 11.6. The van der Waals surface area contributed by atoms with Gasteiger partial charge < -0.3 is 15.1 Å². The van der Waals surface area contributed by atoms with Crippen molar-refractivity contribution < 1.29 is 35.9 Å². The Kier molecular flexibility index (Phi) is 7.39. The highest BCUT2D eigenvalue weighted by Gasteiger charge is 2.37. The number of anilines is 2. The van der Waals surface area contributed by atoms with E-state index in [1.165, 1.54) is 12.1 Å². The normalized spacial score (nSPS) is 14.4. The molecular weight excluding hydrogens is 512 g/mol. The number of halogens is 6. The lowest BCUT2D eigenvalue weighted by atomic mass is 10.0. The van der Waals surface area contributed by atoms with Gasteiger partial charge in [-0.2, -0.15) is 26.3 Å². The van der Waals surface area contributed by atoms with Crippen molar-refractivity contribution in [1.29, 1.82) is 0 Å². The molecular formula is C27H23F6N3O2. The summed E-state index contributed by atoms with van der Waals surface area (Å²) in [5.41, 5.74) is -1.32. The molecule has 0 spiro atoms. The van der Waals surface area contributed by atoms with E-state index in [4.69, 9.17) is 0 Å². The van der Waals surface area contributed by atoms with Gasteiger partial charge in [0.05, 0.1) is 11.1 Å². The van der Waals surface area contributed by atoms with Crippen molar-refractivity contribution in [3.63, 3.8) is 0 Å². The molecule has 0 radical (unpaired) electrons. The van der Waals surface area contributed by atoms with Gasteiger partial charge in [0.1, 0.15) is 0 Å². The van der Waals surface area contributed by atoms with Crippen LogP contribution in [-0.4, -0.2) is 42.9 Å². The first kappa shape index (κ1) is 27.0. The molecule has 1 heterocycles. The molecule has 1 aliphatic heterocycles. The van der Waals surface area contributed by atoms with E-state index in [9.17, 15) is 35.9 Å². The van der Waals surface area contributed by atoms with Gasteiger partial charge in [-0.3, -0.25) is 9.59 Å². The van der Waals surface area contributed by atoms with Crippen molar-refractivity contribution in [2.24, 2.45) is 0 Å². The lowest BCUT2D eigenvalue weighted by Gasteiger charge is -2.36. The van der Waals surface area contributed by atoms with Crippen molar-refractivity contribution in [3.8, 4) is 0 Å². The quantitative estimate of drug-likeness (QED) is 0.402. The first-order chi connectivity index (χ1) is 17.8. The van der Waals surface area contributed by atoms with E-state index in [0.717, 1.165) is 11.3 Å². The van der Waals surface area contributed by atoms with Gasteiger partial charge in [-0.15, -0.1) is 0 Å². The lowest BCUT2D eigenvalue weighted by Crippen LogP contribution is -2.48. The van der Waals surface area contributed by atoms with E-state index in [1.807, 2.05) is 30.0 Å². The Morgan fingerprint density at radius 1 is 0.763 bits per heavy atom. The molecule has 3 aromatic rings. The van der Waals surface area contributed by atoms with E-state index >= 15 is 0 Å². The van der Waals surface area contributed by atoms with Crippen LogP contribution in [0.3, 0.4) is 0 Å². The number of nitrogens with one attached hydrogen (secondary N) is 1. The van der Waals surface area contributed by atoms with E-state index < -0.39 is 35.0 Å². The molecule has 1 aliphatic rings. The van der Waals surface area contributed by atoms with Crippen LogP contribution in [0.25, 0.3) is 0 Å². The molecule has 4 rings (SSSR count). The highest BCUT2D eigenvalue weighted by molar-refractivity contribution is 6.04. The predicted molar refractivity (Wildman–Crippen MR) is 130 cm³/mol. The second-order valence-electron chi connectivity index (χ2n) is 8.89. The number of nitrogens with zero attached hydrogens (tertiary/aromatic N) is 2. The number of piperazine rings is 1. The smallest absolute Gasteiger partial charge is 0.368 e. The van der Waals surface area contributed by atoms with Crippen LogP contribution in [-0.2, 0) is 12.4 Å². The number of carbonyl (C=O) groups excluding carboxylic acids is 2. The highest BCUT2D eigenvalue weighted by atomic mass is 19.4. The van der Waals surface area contributed by atoms with Gasteiger partial charge in [0, 0.05) is 48.7 Å². The van der Waals surface area contributed by atoms with Gasteiger partial charge in [0.15, 0.2) is 0 Å². The topological polar surface area (TPSA) is 52.7 Å². The summed E-state index contributed by atoms with van der Waals surface area (Å²) in [5, 5.41) is 2.35. The number of aryl methyl sites for hydroxylation is 1. The molecule has 0 bridgehead atoms. The molecule has 0 atom stereocenters. The molecule has 0 saturated carbocycles. The number of hydrogen-bond acceptors (Lipinski definition) is 3. The zero-order chi connectivity index (χ0) is 27.7.